The van der Waals surface area contributed by atoms with E-state index in [0.29, 0.717) is 12.0 Å². The van der Waals surface area contributed by atoms with E-state index in [9.17, 15) is 0 Å². The lowest BCUT2D eigenvalue weighted by Gasteiger charge is -2.66. The van der Waals surface area contributed by atoms with E-state index in [1.54, 1.807) is 7.11 Å². The summed E-state index contributed by atoms with van der Waals surface area (Å²) in [6.45, 7) is 12.6. The molecule has 0 amide bonds. The van der Waals surface area contributed by atoms with Crippen LogP contribution in [-0.4, -0.2) is 45.1 Å². The fraction of sp³-hybridized carbons (Fsp3) is 1.00. The van der Waals surface area contributed by atoms with Crippen molar-refractivity contribution in [2.75, 3.05) is 33.4 Å². The predicted octanol–water partition coefficient (Wildman–Crippen LogP) is 2.17. The molecule has 3 unspecified atom stereocenters. The molecule has 0 aromatic heterocycles. The monoisotopic (exact) mass is 298 g/mol. The molecule has 1 saturated carbocycles. The van der Waals surface area contributed by atoms with E-state index in [4.69, 9.17) is 15.2 Å². The zero-order valence-electron chi connectivity index (χ0n) is 14.5. The molecule has 21 heavy (non-hydrogen) atoms. The highest BCUT2D eigenvalue weighted by Gasteiger charge is 2.66. The van der Waals surface area contributed by atoms with Gasteiger partial charge in [0.15, 0.2) is 0 Å². The molecule has 4 heteroatoms. The van der Waals surface area contributed by atoms with Gasteiger partial charge in [0.25, 0.3) is 0 Å². The molecule has 1 aliphatic carbocycles. The van der Waals surface area contributed by atoms with E-state index in [0.717, 1.165) is 39.1 Å². The van der Waals surface area contributed by atoms with Crippen LogP contribution in [0.1, 0.15) is 47.0 Å². The number of rotatable bonds is 7. The lowest BCUT2D eigenvalue weighted by molar-refractivity contribution is -0.225. The Kier molecular flexibility index (Phi) is 5.04. The van der Waals surface area contributed by atoms with E-state index in [-0.39, 0.29) is 16.4 Å². The topological polar surface area (TPSA) is 56.5 Å². The molecule has 1 aliphatic heterocycles. The number of ether oxygens (including phenoxy) is 2. The summed E-state index contributed by atoms with van der Waals surface area (Å²) >= 11 is 0. The first-order valence-corrected chi connectivity index (χ1v) is 8.35. The van der Waals surface area contributed by atoms with Gasteiger partial charge in [0.1, 0.15) is 0 Å². The van der Waals surface area contributed by atoms with Crippen molar-refractivity contribution >= 4 is 0 Å². The van der Waals surface area contributed by atoms with Gasteiger partial charge in [-0.15, -0.1) is 0 Å². The average molecular weight is 298 g/mol. The second-order valence-corrected chi connectivity index (χ2v) is 8.31. The van der Waals surface area contributed by atoms with Gasteiger partial charge in [0.05, 0.1) is 6.10 Å². The van der Waals surface area contributed by atoms with Gasteiger partial charge in [-0.1, -0.05) is 27.7 Å². The minimum Gasteiger partial charge on any atom is -0.385 e. The molecule has 0 aromatic carbocycles. The summed E-state index contributed by atoms with van der Waals surface area (Å²) in [7, 11) is 1.76. The van der Waals surface area contributed by atoms with Gasteiger partial charge in [-0.2, -0.15) is 0 Å². The molecule has 2 rings (SSSR count). The molecule has 0 aromatic rings. The lowest BCUT2D eigenvalue weighted by atomic mass is 9.46. The average Bonchev–Trinajstić information content (AvgIpc) is 2.45. The van der Waals surface area contributed by atoms with Gasteiger partial charge in [0, 0.05) is 50.3 Å². The normalized spacial score (nSPS) is 35.1. The molecular weight excluding hydrogens is 264 g/mol. The second kappa shape index (κ2) is 6.15. The molecule has 0 spiro atoms. The summed E-state index contributed by atoms with van der Waals surface area (Å²) in [4.78, 5) is 0. The zero-order chi connectivity index (χ0) is 15.7. The van der Waals surface area contributed by atoms with Crippen LogP contribution in [0.3, 0.4) is 0 Å². The van der Waals surface area contributed by atoms with Gasteiger partial charge in [-0.3, -0.25) is 0 Å². The predicted molar refractivity (Wildman–Crippen MR) is 86.3 cm³/mol. The molecule has 1 heterocycles. The van der Waals surface area contributed by atoms with Crippen LogP contribution < -0.4 is 11.1 Å². The van der Waals surface area contributed by atoms with Gasteiger partial charge >= 0.3 is 0 Å². The number of nitrogens with one attached hydrogen (secondary N) is 1. The number of hydrogen-bond donors (Lipinski definition) is 2. The third kappa shape index (κ3) is 3.14. The number of hydrogen-bond acceptors (Lipinski definition) is 4. The molecule has 124 valence electrons. The first kappa shape index (κ1) is 17.2. The van der Waals surface area contributed by atoms with Gasteiger partial charge in [-0.25, -0.2) is 0 Å². The summed E-state index contributed by atoms with van der Waals surface area (Å²) in [6, 6.07) is 0. The minimum absolute atomic E-state index is 0.0573. The quantitative estimate of drug-likeness (QED) is 0.756. The molecule has 2 fully saturated rings. The van der Waals surface area contributed by atoms with Crippen LogP contribution in [0.5, 0.6) is 0 Å². The standard InChI is InChI=1S/C17H34N2O2/c1-15(2,8-10-20-5)11-19-12-17(18)13-7-6-9-21-14(13)16(17,3)4/h13-14,19H,6-12,18H2,1-5H3. The summed E-state index contributed by atoms with van der Waals surface area (Å²) < 4.78 is 11.2. The van der Waals surface area contributed by atoms with Gasteiger partial charge < -0.3 is 20.5 Å². The van der Waals surface area contributed by atoms with E-state index in [1.165, 1.54) is 6.42 Å². The fourth-order valence-electron chi connectivity index (χ4n) is 4.10. The Morgan fingerprint density at radius 3 is 2.76 bits per heavy atom. The lowest BCUT2D eigenvalue weighted by Crippen LogP contribution is -2.80. The molecule has 0 radical (unpaired) electrons. The highest BCUT2D eigenvalue weighted by Crippen LogP contribution is 2.57. The maximum Gasteiger partial charge on any atom is 0.0690 e. The van der Waals surface area contributed by atoms with Crippen molar-refractivity contribution in [3.8, 4) is 0 Å². The van der Waals surface area contributed by atoms with Crippen molar-refractivity contribution in [2.24, 2.45) is 22.5 Å². The number of nitrogens with two attached hydrogens (primary N) is 1. The molecule has 1 saturated heterocycles. The van der Waals surface area contributed by atoms with Crippen LogP contribution in [-0.2, 0) is 9.47 Å². The Morgan fingerprint density at radius 1 is 1.38 bits per heavy atom. The summed E-state index contributed by atoms with van der Waals surface area (Å²) in [5.41, 5.74) is 6.95. The smallest absolute Gasteiger partial charge is 0.0690 e. The first-order valence-electron chi connectivity index (χ1n) is 8.35. The van der Waals surface area contributed by atoms with Crippen LogP contribution in [0, 0.1) is 16.7 Å². The molecular formula is C17H34N2O2. The van der Waals surface area contributed by atoms with E-state index in [2.05, 4.69) is 33.0 Å². The first-order chi connectivity index (χ1) is 9.74. The highest BCUT2D eigenvalue weighted by molar-refractivity contribution is 5.20. The van der Waals surface area contributed by atoms with Crippen LogP contribution in [0.2, 0.25) is 0 Å². The number of methoxy groups -OCH3 is 1. The summed E-state index contributed by atoms with van der Waals surface area (Å²) in [5, 5.41) is 3.63. The summed E-state index contributed by atoms with van der Waals surface area (Å²) in [5.74, 6) is 0.510. The molecule has 0 bridgehead atoms. The largest absolute Gasteiger partial charge is 0.385 e. The number of fused-ring (bicyclic) bond motifs is 1. The Morgan fingerprint density at radius 2 is 2.10 bits per heavy atom. The Bertz CT molecular complexity index is 357. The van der Waals surface area contributed by atoms with Crippen LogP contribution in [0.15, 0.2) is 0 Å². The van der Waals surface area contributed by atoms with Crippen LogP contribution >= 0.6 is 0 Å². The van der Waals surface area contributed by atoms with Crippen molar-refractivity contribution in [3.05, 3.63) is 0 Å². The Labute approximate surface area is 130 Å². The molecule has 3 atom stereocenters. The molecule has 3 N–H and O–H groups in total. The van der Waals surface area contributed by atoms with Gasteiger partial charge in [-0.05, 0) is 24.7 Å². The van der Waals surface area contributed by atoms with Crippen molar-refractivity contribution in [3.63, 3.8) is 0 Å². The van der Waals surface area contributed by atoms with Crippen molar-refractivity contribution < 1.29 is 9.47 Å². The van der Waals surface area contributed by atoms with Crippen molar-refractivity contribution in [1.29, 1.82) is 0 Å². The van der Waals surface area contributed by atoms with E-state index < -0.39 is 0 Å². The van der Waals surface area contributed by atoms with Gasteiger partial charge in [0.2, 0.25) is 0 Å². The third-order valence-corrected chi connectivity index (χ3v) is 5.90. The SMILES string of the molecule is COCCC(C)(C)CNCC1(N)C2CCCOC2C1(C)C. The molecule has 2 aliphatic rings. The third-order valence-electron chi connectivity index (χ3n) is 5.90. The molecule has 4 nitrogen and oxygen atoms in total. The second-order valence-electron chi connectivity index (χ2n) is 8.31. The van der Waals surface area contributed by atoms with Crippen molar-refractivity contribution in [2.45, 2.75) is 58.6 Å². The highest BCUT2D eigenvalue weighted by atomic mass is 16.5. The van der Waals surface area contributed by atoms with Crippen LogP contribution in [0.25, 0.3) is 0 Å². The summed E-state index contributed by atoms with van der Waals surface area (Å²) in [6.07, 6.45) is 3.76. The van der Waals surface area contributed by atoms with Crippen molar-refractivity contribution in [1.82, 2.24) is 5.32 Å². The van der Waals surface area contributed by atoms with Crippen LogP contribution in [0.4, 0.5) is 0 Å². The fourth-order valence-corrected chi connectivity index (χ4v) is 4.10. The Balaban J connectivity index is 1.87. The maximum absolute atomic E-state index is 6.80. The van der Waals surface area contributed by atoms with E-state index in [1.807, 2.05) is 0 Å². The maximum atomic E-state index is 6.80. The zero-order valence-corrected chi connectivity index (χ0v) is 14.5. The minimum atomic E-state index is -0.143. The Hall–Kier alpha value is -0.160. The van der Waals surface area contributed by atoms with E-state index >= 15 is 0 Å².